The molecule has 0 spiro atoms. The highest BCUT2D eigenvalue weighted by Gasteiger charge is 2.03. The molecule has 5 heteroatoms. The highest BCUT2D eigenvalue weighted by Crippen LogP contribution is 2.07. The Balaban J connectivity index is 1.93. The standard InChI is InChI=1S/C12H15N5/c1-17(12-15-8-11(13)9-16-12)7-4-10-2-5-14-6-3-10/h2-3,5-6,8-9H,4,7,13H2,1H3. The van der Waals surface area contributed by atoms with Gasteiger partial charge in [-0.25, -0.2) is 9.97 Å². The second-order valence-corrected chi connectivity index (χ2v) is 3.84. The van der Waals surface area contributed by atoms with Crippen molar-refractivity contribution in [2.45, 2.75) is 6.42 Å². The molecule has 2 heterocycles. The van der Waals surface area contributed by atoms with Crippen LogP contribution in [0.2, 0.25) is 0 Å². The van der Waals surface area contributed by atoms with Gasteiger partial charge < -0.3 is 10.6 Å². The van der Waals surface area contributed by atoms with Gasteiger partial charge in [-0.2, -0.15) is 0 Å². The molecule has 0 saturated heterocycles. The first-order chi connectivity index (χ1) is 8.25. The average molecular weight is 229 g/mol. The fourth-order valence-electron chi connectivity index (χ4n) is 1.47. The molecule has 0 atom stereocenters. The number of likely N-dealkylation sites (N-methyl/N-ethyl adjacent to an activating group) is 1. The molecule has 2 N–H and O–H groups in total. The van der Waals surface area contributed by atoms with Gasteiger partial charge in [0.25, 0.3) is 0 Å². The van der Waals surface area contributed by atoms with Crippen LogP contribution in [0.25, 0.3) is 0 Å². The van der Waals surface area contributed by atoms with Gasteiger partial charge in [0.05, 0.1) is 18.1 Å². The van der Waals surface area contributed by atoms with E-state index in [9.17, 15) is 0 Å². The minimum Gasteiger partial charge on any atom is -0.396 e. The smallest absolute Gasteiger partial charge is 0.225 e. The van der Waals surface area contributed by atoms with E-state index in [0.717, 1.165) is 13.0 Å². The molecule has 0 amide bonds. The van der Waals surface area contributed by atoms with Gasteiger partial charge in [-0.3, -0.25) is 4.98 Å². The van der Waals surface area contributed by atoms with Crippen molar-refractivity contribution in [3.05, 3.63) is 42.5 Å². The number of anilines is 2. The highest BCUT2D eigenvalue weighted by molar-refractivity contribution is 5.37. The van der Waals surface area contributed by atoms with Gasteiger partial charge in [0.15, 0.2) is 0 Å². The van der Waals surface area contributed by atoms with Gasteiger partial charge in [0, 0.05) is 26.0 Å². The molecule has 0 unspecified atom stereocenters. The van der Waals surface area contributed by atoms with E-state index in [0.29, 0.717) is 11.6 Å². The zero-order chi connectivity index (χ0) is 12.1. The summed E-state index contributed by atoms with van der Waals surface area (Å²) in [5, 5.41) is 0. The summed E-state index contributed by atoms with van der Waals surface area (Å²) >= 11 is 0. The maximum Gasteiger partial charge on any atom is 0.225 e. The third-order valence-corrected chi connectivity index (χ3v) is 2.48. The van der Waals surface area contributed by atoms with Crippen LogP contribution in [0, 0.1) is 0 Å². The second kappa shape index (κ2) is 5.25. The predicted octanol–water partition coefficient (Wildman–Crippen LogP) is 1.13. The monoisotopic (exact) mass is 229 g/mol. The maximum atomic E-state index is 5.54. The Morgan fingerprint density at radius 2 is 1.82 bits per heavy atom. The van der Waals surface area contributed by atoms with Gasteiger partial charge in [0.2, 0.25) is 5.95 Å². The van der Waals surface area contributed by atoms with E-state index >= 15 is 0 Å². The molecular weight excluding hydrogens is 214 g/mol. The molecule has 2 rings (SSSR count). The SMILES string of the molecule is CN(CCc1ccncc1)c1ncc(N)cn1. The van der Waals surface area contributed by atoms with Crippen LogP contribution in [0.1, 0.15) is 5.56 Å². The number of aromatic nitrogens is 3. The van der Waals surface area contributed by atoms with Crippen LogP contribution in [-0.4, -0.2) is 28.5 Å². The Kier molecular flexibility index (Phi) is 3.49. The summed E-state index contributed by atoms with van der Waals surface area (Å²) in [6.45, 7) is 0.855. The zero-order valence-electron chi connectivity index (χ0n) is 9.74. The molecular formula is C12H15N5. The van der Waals surface area contributed by atoms with E-state index in [-0.39, 0.29) is 0 Å². The summed E-state index contributed by atoms with van der Waals surface area (Å²) in [7, 11) is 1.96. The van der Waals surface area contributed by atoms with Gasteiger partial charge in [0.1, 0.15) is 0 Å². The molecule has 0 aliphatic rings. The molecule has 0 aliphatic heterocycles. The largest absolute Gasteiger partial charge is 0.396 e. The third-order valence-electron chi connectivity index (χ3n) is 2.48. The maximum absolute atomic E-state index is 5.54. The van der Waals surface area contributed by atoms with Crippen LogP contribution in [0.4, 0.5) is 11.6 Å². The number of rotatable bonds is 4. The first-order valence-corrected chi connectivity index (χ1v) is 5.43. The lowest BCUT2D eigenvalue weighted by atomic mass is 10.2. The Morgan fingerprint density at radius 3 is 2.47 bits per heavy atom. The topological polar surface area (TPSA) is 67.9 Å². The average Bonchev–Trinajstić information content (AvgIpc) is 2.38. The summed E-state index contributed by atoms with van der Waals surface area (Å²) in [6, 6.07) is 4.02. The summed E-state index contributed by atoms with van der Waals surface area (Å²) in [6.07, 6.45) is 7.77. The van der Waals surface area contributed by atoms with Gasteiger partial charge in [-0.05, 0) is 24.1 Å². The molecule has 0 fully saturated rings. The summed E-state index contributed by atoms with van der Waals surface area (Å²) in [5.74, 6) is 0.688. The van der Waals surface area contributed by atoms with E-state index in [1.54, 1.807) is 24.8 Å². The fourth-order valence-corrected chi connectivity index (χ4v) is 1.47. The predicted molar refractivity (Wildman–Crippen MR) is 67.7 cm³/mol. The van der Waals surface area contributed by atoms with Crippen molar-refractivity contribution in [2.75, 3.05) is 24.2 Å². The minimum absolute atomic E-state index is 0.580. The van der Waals surface area contributed by atoms with Gasteiger partial charge in [-0.15, -0.1) is 0 Å². The van der Waals surface area contributed by atoms with Crippen LogP contribution in [0.5, 0.6) is 0 Å². The summed E-state index contributed by atoms with van der Waals surface area (Å²) in [5.41, 5.74) is 7.37. The Morgan fingerprint density at radius 1 is 1.18 bits per heavy atom. The second-order valence-electron chi connectivity index (χ2n) is 3.84. The van der Waals surface area contributed by atoms with Crippen LogP contribution in [-0.2, 0) is 6.42 Å². The van der Waals surface area contributed by atoms with Crippen molar-refractivity contribution in [3.63, 3.8) is 0 Å². The lowest BCUT2D eigenvalue weighted by molar-refractivity contribution is 0.837. The van der Waals surface area contributed by atoms with Crippen molar-refractivity contribution >= 4 is 11.6 Å². The molecule has 0 bridgehead atoms. The Labute approximate surface area is 100 Å². The van der Waals surface area contributed by atoms with E-state index in [2.05, 4.69) is 15.0 Å². The lowest BCUT2D eigenvalue weighted by Gasteiger charge is -2.16. The molecule has 0 aliphatic carbocycles. The lowest BCUT2D eigenvalue weighted by Crippen LogP contribution is -2.22. The Bertz CT molecular complexity index is 454. The first kappa shape index (κ1) is 11.3. The number of pyridine rings is 1. The van der Waals surface area contributed by atoms with Crippen molar-refractivity contribution in [1.29, 1.82) is 0 Å². The number of hydrogen-bond donors (Lipinski definition) is 1. The van der Waals surface area contributed by atoms with E-state index < -0.39 is 0 Å². The quantitative estimate of drug-likeness (QED) is 0.851. The van der Waals surface area contributed by atoms with Gasteiger partial charge >= 0.3 is 0 Å². The molecule has 88 valence electrons. The summed E-state index contributed by atoms with van der Waals surface area (Å²) in [4.78, 5) is 14.3. The van der Waals surface area contributed by atoms with Crippen LogP contribution in [0.15, 0.2) is 36.9 Å². The van der Waals surface area contributed by atoms with E-state index in [1.807, 2.05) is 24.1 Å². The molecule has 2 aromatic rings. The molecule has 5 nitrogen and oxygen atoms in total. The van der Waals surface area contributed by atoms with Crippen molar-refractivity contribution in [1.82, 2.24) is 15.0 Å². The number of nitrogen functional groups attached to an aromatic ring is 1. The number of nitrogens with two attached hydrogens (primary N) is 1. The Hall–Kier alpha value is -2.17. The highest BCUT2D eigenvalue weighted by atomic mass is 15.2. The molecule has 0 saturated carbocycles. The third kappa shape index (κ3) is 3.14. The number of hydrogen-bond acceptors (Lipinski definition) is 5. The molecule has 0 radical (unpaired) electrons. The normalized spacial score (nSPS) is 10.2. The van der Waals surface area contributed by atoms with E-state index in [1.165, 1.54) is 5.56 Å². The molecule has 0 aromatic carbocycles. The molecule has 2 aromatic heterocycles. The zero-order valence-corrected chi connectivity index (χ0v) is 9.74. The first-order valence-electron chi connectivity index (χ1n) is 5.43. The number of nitrogens with zero attached hydrogens (tertiary/aromatic N) is 4. The minimum atomic E-state index is 0.580. The van der Waals surface area contributed by atoms with Crippen LogP contribution < -0.4 is 10.6 Å². The van der Waals surface area contributed by atoms with Crippen molar-refractivity contribution in [3.8, 4) is 0 Å². The van der Waals surface area contributed by atoms with E-state index in [4.69, 9.17) is 5.73 Å². The van der Waals surface area contributed by atoms with Crippen LogP contribution in [0.3, 0.4) is 0 Å². The summed E-state index contributed by atoms with van der Waals surface area (Å²) < 4.78 is 0. The van der Waals surface area contributed by atoms with Crippen molar-refractivity contribution in [2.24, 2.45) is 0 Å². The van der Waals surface area contributed by atoms with Gasteiger partial charge in [-0.1, -0.05) is 0 Å². The van der Waals surface area contributed by atoms with Crippen LogP contribution >= 0.6 is 0 Å². The van der Waals surface area contributed by atoms with Crippen molar-refractivity contribution < 1.29 is 0 Å². The molecule has 17 heavy (non-hydrogen) atoms. The fraction of sp³-hybridized carbons (Fsp3) is 0.250.